The average molecular weight is 1430 g/mol. The van der Waals surface area contributed by atoms with Gasteiger partial charge in [-0.1, -0.05) is 125 Å². The van der Waals surface area contributed by atoms with Crippen LogP contribution in [0.25, 0.3) is 0 Å². The third-order valence-corrected chi connectivity index (χ3v) is 22.1. The fourth-order valence-corrected chi connectivity index (χ4v) is 16.6. The SMILES string of the molecule is CC[C@@]1(C(C)C)OC(OC(C)=O)[C@H](OC(C)=O)[C@@H]1OC.CC[C@@]1(C(C)C)O[C@@H](C)[C@@H](O)[C@@H]1OC.CC[C@@]1(C(C)C)O[C@@H](C)[C@@H](OC(C)=O)[C@@H]1OC.CC[C@@]1(C(C)C)O[C@@H](C)[C@H](O)[C@@H]1OC.CC[C@@]1(C(C)C)O[C@@H](C)[C@H](OC(C)=O)[C@@H]1OC.CC[C@@]1(C(C)C)O[C@@H]2OC(C)(C)O[C@@H]2[C@@H]1OC. The Hall–Kier alpha value is -2.76. The Morgan fingerprint density at radius 3 is 0.828 bits per heavy atom. The highest BCUT2D eigenvalue weighted by atomic mass is 16.8. The highest BCUT2D eigenvalue weighted by Crippen LogP contribution is 2.50. The number of aliphatic hydroxyl groups excluding tert-OH is 2. The molecule has 0 radical (unpaired) electrons. The van der Waals surface area contributed by atoms with Gasteiger partial charge in [0.2, 0.25) is 6.29 Å². The molecule has 0 bridgehead atoms. The van der Waals surface area contributed by atoms with Crippen LogP contribution in [0.4, 0.5) is 0 Å². The Balaban J connectivity index is 0.000000406. The van der Waals surface area contributed by atoms with Gasteiger partial charge in [0.25, 0.3) is 0 Å². The summed E-state index contributed by atoms with van der Waals surface area (Å²) in [5, 5.41) is 19.8. The second-order valence-corrected chi connectivity index (χ2v) is 29.9. The molecule has 1 unspecified atom stereocenters. The number of fused-ring (bicyclic) bond motifs is 1. The van der Waals surface area contributed by atoms with Crippen LogP contribution in [-0.2, 0) is 104 Å². The number of esters is 4. The lowest BCUT2D eigenvalue weighted by molar-refractivity contribution is -0.251. The highest BCUT2D eigenvalue weighted by Gasteiger charge is 2.64. The van der Waals surface area contributed by atoms with Gasteiger partial charge in [0, 0.05) is 70.4 Å². The Morgan fingerprint density at radius 1 is 0.333 bits per heavy atom. The van der Waals surface area contributed by atoms with E-state index in [9.17, 15) is 29.4 Å². The lowest BCUT2D eigenvalue weighted by Crippen LogP contribution is -2.49. The summed E-state index contributed by atoms with van der Waals surface area (Å²) >= 11 is 0. The Labute approximate surface area is 596 Å². The van der Waals surface area contributed by atoms with Gasteiger partial charge >= 0.3 is 23.9 Å². The first kappa shape index (κ1) is 92.3. The van der Waals surface area contributed by atoms with Crippen LogP contribution < -0.4 is 0 Å². The molecule has 24 nitrogen and oxygen atoms in total. The number of hydrogen-bond acceptors (Lipinski definition) is 24. The maximum absolute atomic E-state index is 11.3. The quantitative estimate of drug-likeness (QED) is 0.0753. The molecule has 7 saturated heterocycles. The van der Waals surface area contributed by atoms with Crippen LogP contribution in [0.15, 0.2) is 0 Å². The summed E-state index contributed by atoms with van der Waals surface area (Å²) in [5.41, 5.74) is -2.35. The molecule has 0 aliphatic carbocycles. The fraction of sp³-hybridized carbons (Fsp3) is 0.947. The van der Waals surface area contributed by atoms with E-state index in [4.69, 9.17) is 85.3 Å². The second-order valence-electron chi connectivity index (χ2n) is 29.9. The first-order valence-electron chi connectivity index (χ1n) is 36.5. The van der Waals surface area contributed by atoms with Crippen LogP contribution in [0.3, 0.4) is 0 Å². The Kier molecular flexibility index (Phi) is 36.4. The molecule has 0 spiro atoms. The molecule has 0 saturated carbocycles. The average Bonchev–Trinajstić information content (AvgIpc) is 1.60. The van der Waals surface area contributed by atoms with Crippen LogP contribution in [0.2, 0.25) is 0 Å². The maximum atomic E-state index is 11.3. The van der Waals surface area contributed by atoms with E-state index in [1.54, 1.807) is 35.5 Å². The first-order chi connectivity index (χ1) is 45.9. The molecule has 0 aromatic carbocycles. The number of carbonyl (C=O) groups excluding carboxylic acids is 4. The van der Waals surface area contributed by atoms with Crippen LogP contribution in [0.5, 0.6) is 0 Å². The van der Waals surface area contributed by atoms with Gasteiger partial charge in [0.05, 0.1) is 35.6 Å². The molecular formula is C75H140O24. The number of rotatable bonds is 22. The summed E-state index contributed by atoms with van der Waals surface area (Å²) in [6, 6.07) is 0. The van der Waals surface area contributed by atoms with E-state index in [2.05, 4.69) is 104 Å². The van der Waals surface area contributed by atoms with Gasteiger partial charge in [0.1, 0.15) is 77.3 Å². The summed E-state index contributed by atoms with van der Waals surface area (Å²) < 4.78 is 102. The van der Waals surface area contributed by atoms with Gasteiger partial charge in [-0.3, -0.25) is 19.2 Å². The van der Waals surface area contributed by atoms with Crippen molar-refractivity contribution in [3.8, 4) is 0 Å². The van der Waals surface area contributed by atoms with Gasteiger partial charge in [0.15, 0.2) is 30.4 Å². The van der Waals surface area contributed by atoms with Crippen molar-refractivity contribution >= 4 is 23.9 Å². The number of methoxy groups -OCH3 is 6. The van der Waals surface area contributed by atoms with Crippen molar-refractivity contribution in [3.63, 3.8) is 0 Å². The van der Waals surface area contributed by atoms with Crippen molar-refractivity contribution in [3.05, 3.63) is 0 Å². The van der Waals surface area contributed by atoms with E-state index >= 15 is 0 Å². The first-order valence-corrected chi connectivity index (χ1v) is 36.5. The van der Waals surface area contributed by atoms with Gasteiger partial charge in [-0.2, -0.15) is 0 Å². The van der Waals surface area contributed by atoms with E-state index in [-0.39, 0.29) is 125 Å². The molecule has 7 rings (SSSR count). The summed E-state index contributed by atoms with van der Waals surface area (Å²) in [5.74, 6) is -0.343. The zero-order valence-electron chi connectivity index (χ0n) is 67.5. The van der Waals surface area contributed by atoms with Gasteiger partial charge in [-0.25, -0.2) is 0 Å². The maximum Gasteiger partial charge on any atom is 0.305 e. The van der Waals surface area contributed by atoms with Crippen molar-refractivity contribution in [1.82, 2.24) is 0 Å². The highest BCUT2D eigenvalue weighted by molar-refractivity contribution is 5.68. The van der Waals surface area contributed by atoms with Crippen molar-refractivity contribution in [2.45, 2.75) is 382 Å². The summed E-state index contributed by atoms with van der Waals surface area (Å²) in [7, 11) is 9.83. The molecule has 0 aromatic rings. The zero-order valence-corrected chi connectivity index (χ0v) is 67.5. The Morgan fingerprint density at radius 2 is 0.576 bits per heavy atom. The molecule has 2 N–H and O–H groups in total. The molecule has 0 aromatic heterocycles. The number of ether oxygens (including phenoxy) is 18. The van der Waals surface area contributed by atoms with Crippen LogP contribution in [0.1, 0.15) is 232 Å². The van der Waals surface area contributed by atoms with E-state index < -0.39 is 54.0 Å². The van der Waals surface area contributed by atoms with Gasteiger partial charge < -0.3 is 95.5 Å². The van der Waals surface area contributed by atoms with E-state index in [0.29, 0.717) is 36.0 Å². The molecular weight excluding hydrogens is 1280 g/mol. The predicted octanol–water partition coefficient (Wildman–Crippen LogP) is 11.5. The van der Waals surface area contributed by atoms with Crippen molar-refractivity contribution in [2.75, 3.05) is 42.7 Å². The molecule has 7 aliphatic rings. The molecule has 584 valence electrons. The fourth-order valence-electron chi connectivity index (χ4n) is 16.6. The third-order valence-electron chi connectivity index (χ3n) is 22.1. The standard InChI is InChI=1S/C14H24O6.3C13H24O4.2C11H22O3/c1-7-14(8(2)3)12(17-6)11(18-9(4)15)13(20-14)19-10(5)16;1-7-13(8(2)3)10(14-6)9-11(17-13)16-12(4,5)15-9;2*1-7-13(8(2)3)12(15-6)11(9(4)17-13)16-10(5)14;2*1-6-11(7(2)3)10(13-5)9(12)8(4)14-11/h8,11-13H,7H2,1-6H3;8-11H,7H2,1-6H3;2*8-9,11-12H,7H2,1-6H3;2*7-10,12H,6H2,1-5H3/t11-,12+,13?,14+;9-,10+,11+,13+;9-,11+,12-,13-;9-,11-,12-,13-;8-,9+,10-,11-;8-,9-,10-,11-/m110000/s1. The summed E-state index contributed by atoms with van der Waals surface area (Å²) in [6.07, 6.45) is -0.760. The van der Waals surface area contributed by atoms with E-state index in [1.807, 2.05) is 62.3 Å². The molecule has 7 fully saturated rings. The number of aliphatic hydroxyl groups is 2. The van der Waals surface area contributed by atoms with Crippen LogP contribution >= 0.6 is 0 Å². The minimum absolute atomic E-state index is 0.0701. The van der Waals surface area contributed by atoms with Gasteiger partial charge in [-0.05, 0) is 116 Å². The minimum atomic E-state index is -0.941. The monoisotopic (exact) mass is 1420 g/mol. The number of hydrogen-bond donors (Lipinski definition) is 2. The van der Waals surface area contributed by atoms with Crippen molar-refractivity contribution < 1.29 is 115 Å². The molecule has 99 heavy (non-hydrogen) atoms. The minimum Gasteiger partial charge on any atom is -0.457 e. The molecule has 24 atom stereocenters. The predicted molar refractivity (Wildman–Crippen MR) is 374 cm³/mol. The van der Waals surface area contributed by atoms with E-state index in [1.165, 1.54) is 34.8 Å². The summed E-state index contributed by atoms with van der Waals surface area (Å²) in [6.45, 7) is 54.5. The van der Waals surface area contributed by atoms with Crippen molar-refractivity contribution in [1.29, 1.82) is 0 Å². The summed E-state index contributed by atoms with van der Waals surface area (Å²) in [4.78, 5) is 44.8. The topological polar surface area (TPSA) is 275 Å². The molecule has 24 heteroatoms. The number of carbonyl (C=O) groups is 4. The van der Waals surface area contributed by atoms with Crippen molar-refractivity contribution in [2.24, 2.45) is 35.5 Å². The third kappa shape index (κ3) is 20.0. The lowest BCUT2D eigenvalue weighted by Gasteiger charge is -2.38. The molecule has 0 amide bonds. The second kappa shape index (κ2) is 39.0. The van der Waals surface area contributed by atoms with Crippen LogP contribution in [0, 0.1) is 35.5 Å². The largest absolute Gasteiger partial charge is 0.457 e. The zero-order chi connectivity index (χ0) is 76.6. The lowest BCUT2D eigenvalue weighted by atomic mass is 9.82. The molecule has 7 heterocycles. The van der Waals surface area contributed by atoms with Crippen LogP contribution in [-0.4, -0.2) is 226 Å². The van der Waals surface area contributed by atoms with Gasteiger partial charge in [-0.15, -0.1) is 0 Å². The Bertz CT molecular complexity index is 2330. The smallest absolute Gasteiger partial charge is 0.305 e. The normalized spacial score (nSPS) is 39.5. The molecule has 7 aliphatic heterocycles. The van der Waals surface area contributed by atoms with E-state index in [0.717, 1.165) is 32.1 Å².